The molecule has 1 amide bonds. The molecule has 0 aliphatic carbocycles. The molecular formula is C17H21N9O2. The van der Waals surface area contributed by atoms with E-state index in [-0.39, 0.29) is 17.4 Å². The molecule has 3 aromatic rings. The minimum Gasteiger partial charge on any atom is -0.383 e. The van der Waals surface area contributed by atoms with Crippen molar-refractivity contribution in [2.24, 2.45) is 11.5 Å². The Labute approximate surface area is 161 Å². The maximum atomic E-state index is 11.7. The number of methoxy groups -OCH3 is 1. The summed E-state index contributed by atoms with van der Waals surface area (Å²) >= 11 is 0. The lowest BCUT2D eigenvalue weighted by Gasteiger charge is -2.14. The van der Waals surface area contributed by atoms with Crippen LogP contribution >= 0.6 is 0 Å². The summed E-state index contributed by atoms with van der Waals surface area (Å²) in [6.45, 7) is 0.801. The smallest absolute Gasteiger partial charge is 0.254 e. The number of hydrogen-bond donors (Lipinski definition) is 4. The highest BCUT2D eigenvalue weighted by atomic mass is 16.5. The molecule has 2 aromatic heterocycles. The number of ether oxygens (including phenoxy) is 1. The van der Waals surface area contributed by atoms with Crippen LogP contribution in [-0.4, -0.2) is 57.2 Å². The van der Waals surface area contributed by atoms with E-state index in [0.29, 0.717) is 24.8 Å². The summed E-state index contributed by atoms with van der Waals surface area (Å²) in [5, 5.41) is 14.3. The molecule has 0 aliphatic rings. The van der Waals surface area contributed by atoms with Gasteiger partial charge in [-0.15, -0.1) is 0 Å². The van der Waals surface area contributed by atoms with Crippen LogP contribution in [0, 0.1) is 0 Å². The monoisotopic (exact) mass is 383 g/mol. The standard InChI is InChI=1S/C17H21N9O2/c1-28-10-11(18)8-20-17-21-9-14(15(19)27)16(25-17)24-12-3-2-4-13(7-12)26-22-5-6-23-26/h2-7,9,11H,8,10,18H2,1H3,(H2,19,27)(H2,20,21,24,25). The van der Waals surface area contributed by atoms with Crippen LogP contribution in [0.3, 0.4) is 0 Å². The van der Waals surface area contributed by atoms with Crippen LogP contribution in [0.25, 0.3) is 5.69 Å². The molecule has 1 aromatic carbocycles. The van der Waals surface area contributed by atoms with E-state index in [4.69, 9.17) is 16.2 Å². The second-order valence-corrected chi connectivity index (χ2v) is 5.91. The molecule has 3 rings (SSSR count). The molecule has 0 saturated carbocycles. The Morgan fingerprint density at radius 1 is 1.32 bits per heavy atom. The van der Waals surface area contributed by atoms with Crippen molar-refractivity contribution in [2.75, 3.05) is 30.9 Å². The highest BCUT2D eigenvalue weighted by Crippen LogP contribution is 2.21. The van der Waals surface area contributed by atoms with Crippen molar-refractivity contribution < 1.29 is 9.53 Å². The zero-order valence-corrected chi connectivity index (χ0v) is 15.2. The summed E-state index contributed by atoms with van der Waals surface area (Å²) in [6.07, 6.45) is 4.53. The number of nitrogens with two attached hydrogens (primary N) is 2. The van der Waals surface area contributed by atoms with Crippen LogP contribution in [0.15, 0.2) is 42.9 Å². The highest BCUT2D eigenvalue weighted by molar-refractivity contribution is 5.98. The third-order valence-electron chi connectivity index (χ3n) is 3.72. The summed E-state index contributed by atoms with van der Waals surface area (Å²) in [6, 6.07) is 7.09. The van der Waals surface area contributed by atoms with Gasteiger partial charge in [0.25, 0.3) is 5.91 Å². The number of anilines is 3. The van der Waals surface area contributed by atoms with E-state index < -0.39 is 5.91 Å². The quantitative estimate of drug-likeness (QED) is 0.407. The summed E-state index contributed by atoms with van der Waals surface area (Å²) in [7, 11) is 1.58. The molecule has 0 spiro atoms. The van der Waals surface area contributed by atoms with E-state index in [0.717, 1.165) is 5.69 Å². The zero-order chi connectivity index (χ0) is 19.9. The molecule has 146 valence electrons. The zero-order valence-electron chi connectivity index (χ0n) is 15.2. The van der Waals surface area contributed by atoms with Crippen molar-refractivity contribution in [1.82, 2.24) is 25.0 Å². The third-order valence-corrected chi connectivity index (χ3v) is 3.72. The van der Waals surface area contributed by atoms with Gasteiger partial charge in [0.15, 0.2) is 0 Å². The number of hydrogen-bond acceptors (Lipinski definition) is 9. The molecule has 2 heterocycles. The minimum atomic E-state index is -0.643. The average molecular weight is 383 g/mol. The fourth-order valence-electron chi connectivity index (χ4n) is 2.43. The largest absolute Gasteiger partial charge is 0.383 e. The van der Waals surface area contributed by atoms with Crippen LogP contribution in [0.1, 0.15) is 10.4 Å². The van der Waals surface area contributed by atoms with Crippen molar-refractivity contribution in [3.8, 4) is 5.69 Å². The predicted molar refractivity (Wildman–Crippen MR) is 104 cm³/mol. The van der Waals surface area contributed by atoms with E-state index in [1.807, 2.05) is 24.3 Å². The fourth-order valence-corrected chi connectivity index (χ4v) is 2.43. The van der Waals surface area contributed by atoms with Gasteiger partial charge in [-0.25, -0.2) is 4.98 Å². The van der Waals surface area contributed by atoms with Gasteiger partial charge in [-0.2, -0.15) is 20.0 Å². The number of aromatic nitrogens is 5. The van der Waals surface area contributed by atoms with E-state index in [1.54, 1.807) is 19.5 Å². The topological polar surface area (TPSA) is 159 Å². The molecule has 0 aliphatic heterocycles. The normalized spacial score (nSPS) is 11.8. The molecule has 11 heteroatoms. The van der Waals surface area contributed by atoms with Gasteiger partial charge >= 0.3 is 0 Å². The Morgan fingerprint density at radius 2 is 2.11 bits per heavy atom. The third kappa shape index (κ3) is 4.78. The fraction of sp³-hybridized carbons (Fsp3) is 0.235. The highest BCUT2D eigenvalue weighted by Gasteiger charge is 2.13. The SMILES string of the molecule is COCC(N)CNc1ncc(C(N)=O)c(Nc2cccc(-n3nccn3)c2)n1. The Morgan fingerprint density at radius 3 is 2.82 bits per heavy atom. The molecule has 6 N–H and O–H groups in total. The lowest BCUT2D eigenvalue weighted by atomic mass is 10.2. The van der Waals surface area contributed by atoms with E-state index >= 15 is 0 Å². The lowest BCUT2D eigenvalue weighted by molar-refractivity contribution is 0.100. The van der Waals surface area contributed by atoms with Gasteiger partial charge in [-0.05, 0) is 18.2 Å². The second kappa shape index (κ2) is 8.88. The van der Waals surface area contributed by atoms with E-state index in [9.17, 15) is 4.79 Å². The first-order chi connectivity index (χ1) is 13.6. The molecule has 11 nitrogen and oxygen atoms in total. The Kier molecular flexibility index (Phi) is 6.09. The van der Waals surface area contributed by atoms with Crippen molar-refractivity contribution in [1.29, 1.82) is 0 Å². The van der Waals surface area contributed by atoms with E-state index in [2.05, 4.69) is 30.8 Å². The number of amides is 1. The van der Waals surface area contributed by atoms with Gasteiger partial charge in [0.05, 0.1) is 24.7 Å². The van der Waals surface area contributed by atoms with Gasteiger partial charge in [0.1, 0.15) is 11.4 Å². The van der Waals surface area contributed by atoms with Gasteiger partial charge in [0.2, 0.25) is 5.95 Å². The van der Waals surface area contributed by atoms with Crippen LogP contribution < -0.4 is 22.1 Å². The lowest BCUT2D eigenvalue weighted by Crippen LogP contribution is -2.33. The van der Waals surface area contributed by atoms with Gasteiger partial charge in [-0.3, -0.25) is 4.79 Å². The first kappa shape index (κ1) is 19.2. The summed E-state index contributed by atoms with van der Waals surface area (Å²) in [4.78, 5) is 21.7. The van der Waals surface area contributed by atoms with E-state index in [1.165, 1.54) is 11.0 Å². The molecule has 1 atom stereocenters. The number of primary amides is 1. The molecule has 28 heavy (non-hydrogen) atoms. The minimum absolute atomic E-state index is 0.161. The molecular weight excluding hydrogens is 362 g/mol. The van der Waals surface area contributed by atoms with Crippen LogP contribution in [0.5, 0.6) is 0 Å². The Balaban J connectivity index is 1.82. The maximum Gasteiger partial charge on any atom is 0.254 e. The number of benzene rings is 1. The summed E-state index contributed by atoms with van der Waals surface area (Å²) in [5.41, 5.74) is 12.9. The first-order valence-corrected chi connectivity index (χ1v) is 8.46. The number of nitrogens with one attached hydrogen (secondary N) is 2. The number of carbonyl (C=O) groups excluding carboxylic acids is 1. The van der Waals surface area contributed by atoms with Crippen LogP contribution in [0.2, 0.25) is 0 Å². The molecule has 0 saturated heterocycles. The van der Waals surface area contributed by atoms with Crippen molar-refractivity contribution in [3.63, 3.8) is 0 Å². The van der Waals surface area contributed by atoms with Gasteiger partial charge in [-0.1, -0.05) is 6.07 Å². The first-order valence-electron chi connectivity index (χ1n) is 8.46. The maximum absolute atomic E-state index is 11.7. The Bertz CT molecular complexity index is 930. The van der Waals surface area contributed by atoms with Gasteiger partial charge in [0, 0.05) is 31.6 Å². The second-order valence-electron chi connectivity index (χ2n) is 5.91. The summed E-state index contributed by atoms with van der Waals surface area (Å²) < 4.78 is 5.00. The van der Waals surface area contributed by atoms with Gasteiger partial charge < -0.3 is 26.8 Å². The molecule has 0 fully saturated rings. The van der Waals surface area contributed by atoms with Crippen LogP contribution in [0.4, 0.5) is 17.5 Å². The number of rotatable bonds is 9. The molecule has 0 bridgehead atoms. The van der Waals surface area contributed by atoms with Crippen molar-refractivity contribution in [3.05, 3.63) is 48.4 Å². The number of carbonyl (C=O) groups is 1. The molecule has 1 unspecified atom stereocenters. The van der Waals surface area contributed by atoms with Crippen molar-refractivity contribution >= 4 is 23.4 Å². The predicted octanol–water partition coefficient (Wildman–Crippen LogP) is 0.285. The average Bonchev–Trinajstić information content (AvgIpc) is 3.22. The molecule has 0 radical (unpaired) electrons. The number of nitrogens with zero attached hydrogens (tertiary/aromatic N) is 5. The Hall–Kier alpha value is -3.57. The van der Waals surface area contributed by atoms with Crippen molar-refractivity contribution in [2.45, 2.75) is 6.04 Å². The summed E-state index contributed by atoms with van der Waals surface area (Å²) in [5.74, 6) is -0.0603. The van der Waals surface area contributed by atoms with Crippen LogP contribution in [-0.2, 0) is 4.74 Å².